The van der Waals surface area contributed by atoms with Crippen LogP contribution in [0.4, 0.5) is 5.00 Å². The topological polar surface area (TPSA) is 81.2 Å². The van der Waals surface area contributed by atoms with Crippen LogP contribution in [-0.4, -0.2) is 34.4 Å². The van der Waals surface area contributed by atoms with Crippen LogP contribution in [0.25, 0.3) is 0 Å². The number of hydrogen-bond acceptors (Lipinski definition) is 8. The second-order valence-corrected chi connectivity index (χ2v) is 10.1. The molecule has 1 atom stereocenters. The number of amides is 1. The number of hydrogen-bond donors (Lipinski definition) is 1. The molecule has 2 aromatic heterocycles. The number of nitrogens with zero attached hydrogens (tertiary/aromatic N) is 2. The maximum absolute atomic E-state index is 12.5. The first kappa shape index (κ1) is 20.3. The lowest BCUT2D eigenvalue weighted by Crippen LogP contribution is -2.16. The second kappa shape index (κ2) is 9.16. The summed E-state index contributed by atoms with van der Waals surface area (Å²) in [4.78, 5) is 26.1. The van der Waals surface area contributed by atoms with Gasteiger partial charge in [-0.3, -0.25) is 4.79 Å². The molecule has 1 N–H and O–H groups in total. The van der Waals surface area contributed by atoms with Crippen molar-refractivity contribution in [1.29, 1.82) is 0 Å². The fraction of sp³-hybridized carbons (Fsp3) is 0.556. The molecule has 27 heavy (non-hydrogen) atoms. The Balaban J connectivity index is 1.67. The lowest BCUT2D eigenvalue weighted by atomic mass is 9.88. The van der Waals surface area contributed by atoms with Crippen molar-refractivity contribution in [3.8, 4) is 0 Å². The van der Waals surface area contributed by atoms with E-state index in [4.69, 9.17) is 4.74 Å². The van der Waals surface area contributed by atoms with E-state index in [0.29, 0.717) is 35.3 Å². The van der Waals surface area contributed by atoms with Gasteiger partial charge in [0.1, 0.15) is 10.0 Å². The molecule has 1 aliphatic carbocycles. The maximum Gasteiger partial charge on any atom is 0.341 e. The number of carbonyl (C=O) groups excluding carboxylic acids is 2. The van der Waals surface area contributed by atoms with Gasteiger partial charge in [0.25, 0.3) is 0 Å². The lowest BCUT2D eigenvalue weighted by molar-refractivity contribution is -0.115. The lowest BCUT2D eigenvalue weighted by Gasteiger charge is -2.18. The zero-order valence-corrected chi connectivity index (χ0v) is 18.1. The van der Waals surface area contributed by atoms with Gasteiger partial charge >= 0.3 is 5.97 Å². The number of aromatic nitrogens is 2. The summed E-state index contributed by atoms with van der Waals surface area (Å²) in [5, 5.41) is 12.5. The van der Waals surface area contributed by atoms with E-state index in [0.717, 1.165) is 34.2 Å². The quantitative estimate of drug-likeness (QED) is 0.525. The molecule has 0 radical (unpaired) electrons. The third-order valence-electron chi connectivity index (χ3n) is 4.31. The Hall–Kier alpha value is -1.45. The predicted molar refractivity (Wildman–Crippen MR) is 110 cm³/mol. The standard InChI is InChI=1S/C18H23N3O3S3/c1-4-24-17(23)15-12-6-5-10(2)9-13(12)27-16(15)19-14(22)7-8-25-18-21-20-11(3)26-18/h10H,4-9H2,1-3H3,(H,19,22). The van der Waals surface area contributed by atoms with Crippen molar-refractivity contribution in [3.05, 3.63) is 21.0 Å². The van der Waals surface area contributed by atoms with Gasteiger partial charge in [-0.25, -0.2) is 4.79 Å². The van der Waals surface area contributed by atoms with E-state index >= 15 is 0 Å². The van der Waals surface area contributed by atoms with Crippen LogP contribution < -0.4 is 5.32 Å². The second-order valence-electron chi connectivity index (χ2n) is 6.51. The molecule has 0 saturated heterocycles. The predicted octanol–water partition coefficient (Wildman–Crippen LogP) is 4.33. The normalized spacial score (nSPS) is 16.0. The van der Waals surface area contributed by atoms with Gasteiger partial charge in [-0.05, 0) is 44.6 Å². The van der Waals surface area contributed by atoms with E-state index in [1.807, 2.05) is 6.92 Å². The van der Waals surface area contributed by atoms with E-state index in [1.54, 1.807) is 6.92 Å². The smallest absolute Gasteiger partial charge is 0.341 e. The first-order chi connectivity index (χ1) is 13.0. The summed E-state index contributed by atoms with van der Waals surface area (Å²) in [5.74, 6) is 0.790. The first-order valence-electron chi connectivity index (χ1n) is 9.02. The van der Waals surface area contributed by atoms with E-state index < -0.39 is 0 Å². The first-order valence-corrected chi connectivity index (χ1v) is 11.6. The SMILES string of the molecule is CCOC(=O)c1c(NC(=O)CCSc2nnc(C)s2)sc2c1CCC(C)C2. The van der Waals surface area contributed by atoms with Crippen molar-refractivity contribution < 1.29 is 14.3 Å². The minimum atomic E-state index is -0.335. The average molecular weight is 426 g/mol. The van der Waals surface area contributed by atoms with E-state index in [9.17, 15) is 9.59 Å². The molecule has 0 aromatic carbocycles. The average Bonchev–Trinajstić information content (AvgIpc) is 3.17. The van der Waals surface area contributed by atoms with E-state index in [-0.39, 0.29) is 11.9 Å². The third-order valence-corrected chi connectivity index (χ3v) is 7.45. The molecule has 6 nitrogen and oxygen atoms in total. The summed E-state index contributed by atoms with van der Waals surface area (Å²) in [6.07, 6.45) is 3.23. The highest BCUT2D eigenvalue weighted by Crippen LogP contribution is 2.40. The van der Waals surface area contributed by atoms with E-state index in [1.165, 1.54) is 39.3 Å². The molecule has 3 rings (SSSR count). The Labute approximate surface area is 171 Å². The van der Waals surface area contributed by atoms with Crippen molar-refractivity contribution in [3.63, 3.8) is 0 Å². The molecule has 0 spiro atoms. The van der Waals surface area contributed by atoms with Gasteiger partial charge < -0.3 is 10.1 Å². The molecule has 0 aliphatic heterocycles. The summed E-state index contributed by atoms with van der Waals surface area (Å²) in [7, 11) is 0. The Morgan fingerprint density at radius 2 is 2.15 bits per heavy atom. The zero-order valence-electron chi connectivity index (χ0n) is 15.7. The number of fused-ring (bicyclic) bond motifs is 1. The molecule has 0 saturated carbocycles. The maximum atomic E-state index is 12.5. The molecule has 0 fully saturated rings. The summed E-state index contributed by atoms with van der Waals surface area (Å²) in [5.41, 5.74) is 1.62. The summed E-state index contributed by atoms with van der Waals surface area (Å²) < 4.78 is 6.11. The van der Waals surface area contributed by atoms with Gasteiger partial charge in [-0.2, -0.15) is 0 Å². The number of thioether (sulfide) groups is 1. The number of carbonyl (C=O) groups is 2. The van der Waals surface area contributed by atoms with Crippen LogP contribution in [0, 0.1) is 12.8 Å². The number of aryl methyl sites for hydroxylation is 1. The van der Waals surface area contributed by atoms with Gasteiger partial charge in [0.15, 0.2) is 4.34 Å². The van der Waals surface area contributed by atoms with E-state index in [2.05, 4.69) is 22.4 Å². The number of rotatable bonds is 7. The molecule has 2 aromatic rings. The number of anilines is 1. The van der Waals surface area contributed by atoms with Gasteiger partial charge in [-0.15, -0.1) is 21.5 Å². The number of nitrogens with one attached hydrogen (secondary N) is 1. The minimum Gasteiger partial charge on any atom is -0.462 e. The van der Waals surface area contributed by atoms with Crippen LogP contribution in [0.3, 0.4) is 0 Å². The Bertz CT molecular complexity index is 831. The van der Waals surface area contributed by atoms with Crippen molar-refractivity contribution in [2.45, 2.75) is 50.8 Å². The number of thiophene rings is 1. The largest absolute Gasteiger partial charge is 0.462 e. The number of ether oxygens (including phenoxy) is 1. The Morgan fingerprint density at radius 3 is 2.85 bits per heavy atom. The van der Waals surface area contributed by atoms with Crippen molar-refractivity contribution in [2.24, 2.45) is 5.92 Å². The highest BCUT2D eigenvalue weighted by atomic mass is 32.2. The van der Waals surface area contributed by atoms with Crippen molar-refractivity contribution in [1.82, 2.24) is 10.2 Å². The molecular weight excluding hydrogens is 402 g/mol. The van der Waals surface area contributed by atoms with Gasteiger partial charge in [0, 0.05) is 17.1 Å². The number of esters is 1. The van der Waals surface area contributed by atoms with Crippen LogP contribution >= 0.6 is 34.4 Å². The molecular formula is C18H23N3O3S3. The fourth-order valence-corrected chi connectivity index (χ4v) is 6.25. The Kier molecular flexibility index (Phi) is 6.88. The summed E-state index contributed by atoms with van der Waals surface area (Å²) >= 11 is 4.57. The van der Waals surface area contributed by atoms with Crippen molar-refractivity contribution >= 4 is 51.3 Å². The molecule has 1 unspecified atom stereocenters. The van der Waals surface area contributed by atoms with Gasteiger partial charge in [0.05, 0.1) is 12.2 Å². The van der Waals surface area contributed by atoms with Crippen LogP contribution in [0.15, 0.2) is 4.34 Å². The monoisotopic (exact) mass is 425 g/mol. The highest BCUT2D eigenvalue weighted by molar-refractivity contribution is 8.01. The minimum absolute atomic E-state index is 0.0964. The molecule has 146 valence electrons. The molecule has 0 bridgehead atoms. The molecule has 2 heterocycles. The van der Waals surface area contributed by atoms with Crippen LogP contribution in [0.5, 0.6) is 0 Å². The van der Waals surface area contributed by atoms with Crippen LogP contribution in [-0.2, 0) is 22.4 Å². The van der Waals surface area contributed by atoms with Gasteiger partial charge in [-0.1, -0.05) is 30.0 Å². The fourth-order valence-electron chi connectivity index (χ4n) is 3.01. The Morgan fingerprint density at radius 1 is 1.33 bits per heavy atom. The molecule has 1 amide bonds. The summed E-state index contributed by atoms with van der Waals surface area (Å²) in [6.45, 7) is 6.25. The summed E-state index contributed by atoms with van der Waals surface area (Å²) in [6, 6.07) is 0. The zero-order chi connectivity index (χ0) is 19.4. The van der Waals surface area contributed by atoms with Crippen molar-refractivity contribution in [2.75, 3.05) is 17.7 Å². The highest BCUT2D eigenvalue weighted by Gasteiger charge is 2.29. The molecule has 9 heteroatoms. The van der Waals surface area contributed by atoms with Gasteiger partial charge in [0.2, 0.25) is 5.91 Å². The van der Waals surface area contributed by atoms with Crippen LogP contribution in [0.2, 0.25) is 0 Å². The third kappa shape index (κ3) is 5.08. The molecule has 1 aliphatic rings. The van der Waals surface area contributed by atoms with Crippen LogP contribution in [0.1, 0.15) is 52.5 Å².